The van der Waals surface area contributed by atoms with E-state index in [1.165, 1.54) is 11.6 Å². The van der Waals surface area contributed by atoms with Crippen LogP contribution >= 0.6 is 0 Å². The number of methoxy groups -OCH3 is 1. The van der Waals surface area contributed by atoms with Crippen LogP contribution in [-0.4, -0.2) is 27.1 Å². The smallest absolute Gasteiger partial charge is 0.381 e. The van der Waals surface area contributed by atoms with E-state index in [9.17, 15) is 21.6 Å². The molecule has 0 aliphatic heterocycles. The van der Waals surface area contributed by atoms with Gasteiger partial charge in [-0.15, -0.1) is 0 Å². The van der Waals surface area contributed by atoms with E-state index < -0.39 is 21.0 Å². The van der Waals surface area contributed by atoms with Gasteiger partial charge in [0, 0.05) is 12.5 Å². The van der Waals surface area contributed by atoms with Crippen molar-refractivity contribution in [2.45, 2.75) is 91.2 Å². The Labute approximate surface area is 185 Å². The number of ether oxygens (including phenoxy) is 1. The summed E-state index contributed by atoms with van der Waals surface area (Å²) >= 11 is 0. The minimum absolute atomic E-state index is 0.000761. The second-order valence-corrected chi connectivity index (χ2v) is 11.2. The molecular weight excluding hydrogens is 429 g/mol. The summed E-state index contributed by atoms with van der Waals surface area (Å²) in [4.78, 5) is 0. The number of allylic oxidation sites excluding steroid dienone is 3. The lowest BCUT2D eigenvalue weighted by atomic mass is 9.61. The topological polar surface area (TPSA) is 52.6 Å². The van der Waals surface area contributed by atoms with Gasteiger partial charge in [-0.25, -0.2) is 0 Å². The molecule has 0 aromatic rings. The summed E-state index contributed by atoms with van der Waals surface area (Å²) in [6.07, 6.45) is 9.66. The van der Waals surface area contributed by atoms with E-state index in [0.717, 1.165) is 32.1 Å². The molecule has 0 spiro atoms. The van der Waals surface area contributed by atoms with Crippen molar-refractivity contribution in [2.24, 2.45) is 22.7 Å². The molecule has 0 bridgehead atoms. The fraction of sp³-hybridized carbons (Fsp3) is 0.826. The summed E-state index contributed by atoms with van der Waals surface area (Å²) < 4.78 is 72.0. The third-order valence-corrected chi connectivity index (χ3v) is 8.89. The lowest BCUT2D eigenvalue weighted by Crippen LogP contribution is -2.37. The number of rotatable bonds is 8. The van der Waals surface area contributed by atoms with Crippen LogP contribution in [-0.2, 0) is 19.0 Å². The molecule has 1 fully saturated rings. The van der Waals surface area contributed by atoms with Crippen LogP contribution in [0, 0.1) is 22.7 Å². The zero-order valence-corrected chi connectivity index (χ0v) is 20.3. The van der Waals surface area contributed by atoms with Crippen LogP contribution in [0.2, 0.25) is 0 Å². The highest BCUT2D eigenvalue weighted by molar-refractivity contribution is 7.87. The average molecular weight is 467 g/mol. The number of hydrogen-bond acceptors (Lipinski definition) is 4. The maximum absolute atomic E-state index is 12.9. The lowest BCUT2D eigenvalue weighted by Gasteiger charge is -2.45. The SMILES string of the molecule is CC/C=C1/C[C@@H](OC)CC[C@]1(C)[C@H](C)CC[C@]1(C)C(OS(=O)(=O)C(F)(F)F)=CC[C@H]1C. The molecule has 8 heteroatoms. The standard InChI is InChI=1S/C23H37F3O4S/c1-7-8-18-15-19(29-6)12-14-21(18,4)17(3)11-13-22(5)16(2)9-10-20(22)30-31(27,28)23(24,25)26/h8,10,16-17,19H,7,9,11-15H2,1-6H3/b18-8-/t16-,17-,19+,21-,22+/m1/s1. The third kappa shape index (κ3) is 5.32. The highest BCUT2D eigenvalue weighted by Gasteiger charge is 2.52. The van der Waals surface area contributed by atoms with E-state index in [-0.39, 0.29) is 29.1 Å². The van der Waals surface area contributed by atoms with Crippen LogP contribution in [0.15, 0.2) is 23.5 Å². The molecule has 2 rings (SSSR count). The molecule has 180 valence electrons. The van der Waals surface area contributed by atoms with Crippen LogP contribution in [0.3, 0.4) is 0 Å². The Morgan fingerprint density at radius 3 is 2.52 bits per heavy atom. The second kappa shape index (κ2) is 9.46. The molecule has 0 heterocycles. The number of halogens is 3. The molecule has 0 aromatic heterocycles. The lowest BCUT2D eigenvalue weighted by molar-refractivity contribution is -0.0535. The predicted molar refractivity (Wildman–Crippen MR) is 116 cm³/mol. The predicted octanol–water partition coefficient (Wildman–Crippen LogP) is 6.74. The van der Waals surface area contributed by atoms with Crippen LogP contribution in [0.25, 0.3) is 0 Å². The summed E-state index contributed by atoms with van der Waals surface area (Å²) in [5.41, 5.74) is -4.80. The van der Waals surface area contributed by atoms with Gasteiger partial charge in [0.15, 0.2) is 0 Å². The van der Waals surface area contributed by atoms with Gasteiger partial charge in [0.05, 0.1) is 6.10 Å². The molecule has 2 aliphatic rings. The van der Waals surface area contributed by atoms with Crippen molar-refractivity contribution in [3.63, 3.8) is 0 Å². The summed E-state index contributed by atoms with van der Waals surface area (Å²) in [5, 5.41) is 0. The fourth-order valence-corrected chi connectivity index (χ4v) is 5.64. The molecule has 5 atom stereocenters. The molecule has 31 heavy (non-hydrogen) atoms. The zero-order chi connectivity index (χ0) is 23.7. The summed E-state index contributed by atoms with van der Waals surface area (Å²) in [7, 11) is -3.92. The first-order chi connectivity index (χ1) is 14.2. The Hall–Kier alpha value is -1.02. The van der Waals surface area contributed by atoms with E-state index in [2.05, 4.69) is 31.0 Å². The first kappa shape index (κ1) is 26.2. The van der Waals surface area contributed by atoms with Crippen molar-refractivity contribution in [3.8, 4) is 0 Å². The van der Waals surface area contributed by atoms with E-state index >= 15 is 0 Å². The van der Waals surface area contributed by atoms with Gasteiger partial charge in [-0.3, -0.25) is 0 Å². The normalized spacial score (nSPS) is 34.6. The van der Waals surface area contributed by atoms with Crippen molar-refractivity contribution in [3.05, 3.63) is 23.5 Å². The highest BCUT2D eigenvalue weighted by Crippen LogP contribution is 2.53. The van der Waals surface area contributed by atoms with E-state index in [1.54, 1.807) is 7.11 Å². The number of alkyl halides is 3. The molecule has 0 N–H and O–H groups in total. The van der Waals surface area contributed by atoms with Crippen molar-refractivity contribution in [1.29, 1.82) is 0 Å². The Kier molecular flexibility index (Phi) is 8.00. The minimum atomic E-state index is -5.66. The largest absolute Gasteiger partial charge is 0.534 e. The average Bonchev–Trinajstić information content (AvgIpc) is 2.95. The van der Waals surface area contributed by atoms with Crippen molar-refractivity contribution in [1.82, 2.24) is 0 Å². The second-order valence-electron chi connectivity index (χ2n) is 9.70. The molecular formula is C23H37F3O4S. The Bertz CT molecular complexity index is 802. The van der Waals surface area contributed by atoms with Gasteiger partial charge in [-0.05, 0) is 68.3 Å². The number of hydrogen-bond donors (Lipinski definition) is 0. The van der Waals surface area contributed by atoms with Gasteiger partial charge in [0.2, 0.25) is 0 Å². The molecule has 0 saturated heterocycles. The highest BCUT2D eigenvalue weighted by atomic mass is 32.2. The monoisotopic (exact) mass is 466 g/mol. The van der Waals surface area contributed by atoms with Crippen molar-refractivity contribution in [2.75, 3.05) is 7.11 Å². The maximum Gasteiger partial charge on any atom is 0.534 e. The molecule has 0 unspecified atom stereocenters. The van der Waals surface area contributed by atoms with Gasteiger partial charge >= 0.3 is 15.6 Å². The van der Waals surface area contributed by atoms with Gasteiger partial charge in [0.1, 0.15) is 5.76 Å². The Balaban J connectivity index is 2.17. The molecule has 0 radical (unpaired) electrons. The zero-order valence-electron chi connectivity index (χ0n) is 19.5. The van der Waals surface area contributed by atoms with Crippen molar-refractivity contribution >= 4 is 10.1 Å². The first-order valence-corrected chi connectivity index (χ1v) is 12.6. The van der Waals surface area contributed by atoms with Crippen LogP contribution < -0.4 is 0 Å². The Morgan fingerprint density at radius 1 is 1.32 bits per heavy atom. The third-order valence-electron chi connectivity index (χ3n) is 7.93. The molecule has 0 amide bonds. The van der Waals surface area contributed by atoms with Crippen LogP contribution in [0.4, 0.5) is 13.2 Å². The van der Waals surface area contributed by atoms with E-state index in [1.807, 2.05) is 13.8 Å². The van der Waals surface area contributed by atoms with Crippen LogP contribution in [0.5, 0.6) is 0 Å². The van der Waals surface area contributed by atoms with E-state index in [0.29, 0.717) is 12.8 Å². The van der Waals surface area contributed by atoms with Gasteiger partial charge in [-0.1, -0.05) is 46.3 Å². The molecule has 1 saturated carbocycles. The van der Waals surface area contributed by atoms with E-state index in [4.69, 9.17) is 4.74 Å². The Morgan fingerprint density at radius 2 is 1.97 bits per heavy atom. The molecule has 0 aromatic carbocycles. The quantitative estimate of drug-likeness (QED) is 0.226. The minimum Gasteiger partial charge on any atom is -0.381 e. The van der Waals surface area contributed by atoms with Gasteiger partial charge < -0.3 is 8.92 Å². The molecule has 4 nitrogen and oxygen atoms in total. The van der Waals surface area contributed by atoms with Crippen molar-refractivity contribution < 1.29 is 30.5 Å². The molecule has 2 aliphatic carbocycles. The van der Waals surface area contributed by atoms with Crippen LogP contribution in [0.1, 0.15) is 79.6 Å². The maximum atomic E-state index is 12.9. The summed E-state index contributed by atoms with van der Waals surface area (Å²) in [5.74, 6) is 0.219. The summed E-state index contributed by atoms with van der Waals surface area (Å²) in [6.45, 7) is 10.3. The first-order valence-electron chi connectivity index (χ1n) is 11.1. The summed E-state index contributed by atoms with van der Waals surface area (Å²) in [6, 6.07) is 0. The van der Waals surface area contributed by atoms with Gasteiger partial charge in [0.25, 0.3) is 0 Å². The fourth-order valence-electron chi connectivity index (χ4n) is 5.05. The van der Waals surface area contributed by atoms with Gasteiger partial charge in [-0.2, -0.15) is 21.6 Å².